The number of nitrogens with zero attached hydrogens (tertiary/aromatic N) is 1. The third kappa shape index (κ3) is 5.10. The summed E-state index contributed by atoms with van der Waals surface area (Å²) in [5.74, 6) is -0.326. The number of para-hydroxylation sites is 1. The molecule has 122 valence electrons. The number of rotatable bonds is 7. The summed E-state index contributed by atoms with van der Waals surface area (Å²) in [6.07, 6.45) is 4.01. The Morgan fingerprint density at radius 2 is 2.00 bits per heavy atom. The molecule has 0 atom stereocenters. The van der Waals surface area contributed by atoms with E-state index in [2.05, 4.69) is 15.6 Å². The first-order valence-corrected chi connectivity index (χ1v) is 7.80. The zero-order chi connectivity index (χ0) is 16.7. The molecule has 1 amide bonds. The molecule has 0 bridgehead atoms. The molecule has 0 radical (unpaired) electrons. The van der Waals surface area contributed by atoms with E-state index in [9.17, 15) is 4.79 Å². The van der Waals surface area contributed by atoms with E-state index in [1.54, 1.807) is 37.6 Å². The highest BCUT2D eigenvalue weighted by Crippen LogP contribution is 2.30. The van der Waals surface area contributed by atoms with Crippen LogP contribution in [-0.2, 0) is 4.74 Å². The van der Waals surface area contributed by atoms with E-state index >= 15 is 0 Å². The first-order valence-electron chi connectivity index (χ1n) is 7.05. The van der Waals surface area contributed by atoms with Crippen LogP contribution < -0.4 is 10.6 Å². The average molecular weight is 354 g/mol. The summed E-state index contributed by atoms with van der Waals surface area (Å²) in [5, 5.41) is 6.66. The monoisotopic (exact) mass is 353 g/mol. The third-order valence-corrected chi connectivity index (χ3v) is 3.69. The van der Waals surface area contributed by atoms with Crippen molar-refractivity contribution in [3.63, 3.8) is 0 Å². The lowest BCUT2D eigenvalue weighted by molar-refractivity contribution is 0.102. The van der Waals surface area contributed by atoms with Gasteiger partial charge in [0.1, 0.15) is 0 Å². The second-order valence-electron chi connectivity index (χ2n) is 4.79. The molecule has 0 unspecified atom stereocenters. The molecule has 2 aromatic rings. The molecule has 0 saturated heterocycles. The van der Waals surface area contributed by atoms with Gasteiger partial charge in [-0.05, 0) is 24.6 Å². The molecule has 0 saturated carbocycles. The Morgan fingerprint density at radius 1 is 1.26 bits per heavy atom. The summed E-state index contributed by atoms with van der Waals surface area (Å²) >= 11 is 12.1. The van der Waals surface area contributed by atoms with E-state index in [0.717, 1.165) is 18.7 Å². The molecular weight excluding hydrogens is 337 g/mol. The van der Waals surface area contributed by atoms with E-state index in [1.165, 1.54) is 6.20 Å². The number of carbonyl (C=O) groups is 1. The fourth-order valence-electron chi connectivity index (χ4n) is 1.91. The first-order chi connectivity index (χ1) is 11.1. The van der Waals surface area contributed by atoms with Gasteiger partial charge in [0.25, 0.3) is 5.91 Å². The number of nitrogens with one attached hydrogen (secondary N) is 2. The van der Waals surface area contributed by atoms with Gasteiger partial charge < -0.3 is 15.4 Å². The molecule has 23 heavy (non-hydrogen) atoms. The average Bonchev–Trinajstić information content (AvgIpc) is 2.55. The molecule has 7 heteroatoms. The Morgan fingerprint density at radius 3 is 2.70 bits per heavy atom. The highest BCUT2D eigenvalue weighted by Gasteiger charge is 2.12. The van der Waals surface area contributed by atoms with E-state index in [-0.39, 0.29) is 5.91 Å². The molecule has 2 N–H and O–H groups in total. The van der Waals surface area contributed by atoms with Crippen molar-refractivity contribution in [3.05, 3.63) is 52.3 Å². The minimum Gasteiger partial charge on any atom is -0.385 e. The molecule has 0 spiro atoms. The number of methoxy groups -OCH3 is 1. The number of carbonyl (C=O) groups excluding carboxylic acids is 1. The predicted octanol–water partition coefficient (Wildman–Crippen LogP) is 4.09. The number of aromatic nitrogens is 1. The van der Waals surface area contributed by atoms with Crippen LogP contribution >= 0.6 is 23.2 Å². The van der Waals surface area contributed by atoms with Crippen molar-refractivity contribution >= 4 is 40.5 Å². The molecule has 5 nitrogen and oxygen atoms in total. The number of hydrogen-bond acceptors (Lipinski definition) is 4. The molecule has 2 rings (SSSR count). The smallest absolute Gasteiger partial charge is 0.257 e. The Kier molecular flexibility index (Phi) is 6.65. The van der Waals surface area contributed by atoms with Crippen LogP contribution in [0.3, 0.4) is 0 Å². The highest BCUT2D eigenvalue weighted by molar-refractivity contribution is 6.40. The minimum atomic E-state index is -0.326. The standard InChI is InChI=1S/C16H17Cl2N3O2/c1-23-7-3-6-20-12-8-11(9-19-10-12)16(22)21-15-13(17)4-2-5-14(15)18/h2,4-5,8-10,20H,3,6-7H2,1H3,(H,21,22). The topological polar surface area (TPSA) is 63.2 Å². The van der Waals surface area contributed by atoms with E-state index < -0.39 is 0 Å². The Balaban J connectivity index is 2.05. The summed E-state index contributed by atoms with van der Waals surface area (Å²) < 4.78 is 4.99. The first kappa shape index (κ1) is 17.5. The summed E-state index contributed by atoms with van der Waals surface area (Å²) in [6, 6.07) is 6.76. The molecule has 0 aliphatic rings. The van der Waals surface area contributed by atoms with Gasteiger partial charge in [0, 0.05) is 32.7 Å². The number of amides is 1. The van der Waals surface area contributed by atoms with Crippen molar-refractivity contribution in [1.29, 1.82) is 0 Å². The number of hydrogen-bond donors (Lipinski definition) is 2. The lowest BCUT2D eigenvalue weighted by atomic mass is 10.2. The van der Waals surface area contributed by atoms with E-state index in [1.807, 2.05) is 0 Å². The second-order valence-corrected chi connectivity index (χ2v) is 5.60. The van der Waals surface area contributed by atoms with Gasteiger partial charge in [-0.2, -0.15) is 0 Å². The quantitative estimate of drug-likeness (QED) is 0.735. The number of benzene rings is 1. The van der Waals surface area contributed by atoms with Gasteiger partial charge in [-0.25, -0.2) is 0 Å². The number of pyridine rings is 1. The maximum atomic E-state index is 12.3. The summed E-state index contributed by atoms with van der Waals surface area (Å²) in [4.78, 5) is 16.4. The Labute approximate surface area is 145 Å². The van der Waals surface area contributed by atoms with Gasteiger partial charge in [-0.15, -0.1) is 0 Å². The zero-order valence-corrected chi connectivity index (χ0v) is 14.1. The lowest BCUT2D eigenvalue weighted by Gasteiger charge is -2.10. The summed E-state index contributed by atoms with van der Waals surface area (Å²) in [5.41, 5.74) is 1.57. The predicted molar refractivity (Wildman–Crippen MR) is 93.6 cm³/mol. The lowest BCUT2D eigenvalue weighted by Crippen LogP contribution is -2.14. The van der Waals surface area contributed by atoms with Crippen LogP contribution in [0.5, 0.6) is 0 Å². The Bertz CT molecular complexity index is 660. The minimum absolute atomic E-state index is 0.326. The molecule has 0 aliphatic carbocycles. The molecule has 1 heterocycles. The number of ether oxygens (including phenoxy) is 1. The highest BCUT2D eigenvalue weighted by atomic mass is 35.5. The van der Waals surface area contributed by atoms with Crippen LogP contribution in [0, 0.1) is 0 Å². The van der Waals surface area contributed by atoms with Gasteiger partial charge in [0.05, 0.1) is 27.0 Å². The molecular formula is C16H17Cl2N3O2. The van der Waals surface area contributed by atoms with Gasteiger partial charge >= 0.3 is 0 Å². The van der Waals surface area contributed by atoms with Crippen LogP contribution in [0.2, 0.25) is 10.0 Å². The fourth-order valence-corrected chi connectivity index (χ4v) is 2.40. The normalized spacial score (nSPS) is 10.4. The van der Waals surface area contributed by atoms with Gasteiger partial charge in [-0.1, -0.05) is 29.3 Å². The van der Waals surface area contributed by atoms with E-state index in [4.69, 9.17) is 27.9 Å². The molecule has 0 aliphatic heterocycles. The van der Waals surface area contributed by atoms with Crippen molar-refractivity contribution in [2.24, 2.45) is 0 Å². The molecule has 0 fully saturated rings. The molecule has 1 aromatic carbocycles. The van der Waals surface area contributed by atoms with Crippen molar-refractivity contribution in [2.45, 2.75) is 6.42 Å². The second kappa shape index (κ2) is 8.72. The van der Waals surface area contributed by atoms with Gasteiger partial charge in [0.2, 0.25) is 0 Å². The van der Waals surface area contributed by atoms with Gasteiger partial charge in [0.15, 0.2) is 0 Å². The van der Waals surface area contributed by atoms with Crippen LogP contribution in [0.15, 0.2) is 36.7 Å². The maximum Gasteiger partial charge on any atom is 0.257 e. The Hall–Kier alpha value is -1.82. The number of halogens is 2. The van der Waals surface area contributed by atoms with Crippen LogP contribution in [0.1, 0.15) is 16.8 Å². The van der Waals surface area contributed by atoms with E-state index in [0.29, 0.717) is 27.9 Å². The van der Waals surface area contributed by atoms with Crippen LogP contribution in [-0.4, -0.2) is 31.2 Å². The van der Waals surface area contributed by atoms with Crippen molar-refractivity contribution in [3.8, 4) is 0 Å². The number of anilines is 2. The van der Waals surface area contributed by atoms with Crippen molar-refractivity contribution < 1.29 is 9.53 Å². The molecule has 1 aromatic heterocycles. The third-order valence-electron chi connectivity index (χ3n) is 3.06. The van der Waals surface area contributed by atoms with Crippen LogP contribution in [0.25, 0.3) is 0 Å². The largest absolute Gasteiger partial charge is 0.385 e. The van der Waals surface area contributed by atoms with Gasteiger partial charge in [-0.3, -0.25) is 9.78 Å². The van der Waals surface area contributed by atoms with Crippen LogP contribution in [0.4, 0.5) is 11.4 Å². The fraction of sp³-hybridized carbons (Fsp3) is 0.250. The summed E-state index contributed by atoms with van der Waals surface area (Å²) in [7, 11) is 1.66. The maximum absolute atomic E-state index is 12.3. The van der Waals surface area contributed by atoms with Crippen molar-refractivity contribution in [2.75, 3.05) is 30.9 Å². The zero-order valence-electron chi connectivity index (χ0n) is 12.6. The summed E-state index contributed by atoms with van der Waals surface area (Å²) in [6.45, 7) is 1.41. The SMILES string of the molecule is COCCCNc1cncc(C(=O)Nc2c(Cl)cccc2Cl)c1. The van der Waals surface area contributed by atoms with Crippen molar-refractivity contribution in [1.82, 2.24) is 4.98 Å².